The molecular formula is C25H26O4. The van der Waals surface area contributed by atoms with Crippen LogP contribution in [0, 0.1) is 0 Å². The molecule has 0 radical (unpaired) electrons. The Kier molecular flexibility index (Phi) is 7.87. The Bertz CT molecular complexity index is 882. The smallest absolute Gasteiger partial charge is 0.186 e. The minimum Gasteiger partial charge on any atom is -0.491 e. The minimum absolute atomic E-state index is 0.314. The maximum absolute atomic E-state index is 8.76. The number of aliphatic hydroxyl groups is 1. The van der Waals surface area contributed by atoms with Gasteiger partial charge in [-0.2, -0.15) is 0 Å². The standard InChI is InChI=1S/C25H26O4/c1-2-27-17-18-28-24-15-11-23(12-16-24)22-9-5-20(6-10-22)3-4-21-7-13-25(14-8-21)29-19-26/h3-16,26H,2,17-19H2,1H3. The first-order valence-electron chi connectivity index (χ1n) is 9.71. The maximum atomic E-state index is 8.76. The molecule has 3 aromatic rings. The second-order valence-electron chi connectivity index (χ2n) is 6.37. The number of ether oxygens (including phenoxy) is 3. The van der Waals surface area contributed by atoms with Crippen molar-refractivity contribution in [2.24, 2.45) is 0 Å². The SMILES string of the molecule is CCOCCOc1ccc(-c2ccc(C=Cc3ccc(OCO)cc3)cc2)cc1. The summed E-state index contributed by atoms with van der Waals surface area (Å²) in [5, 5.41) is 8.76. The Morgan fingerprint density at radius 3 is 1.69 bits per heavy atom. The van der Waals surface area contributed by atoms with Crippen LogP contribution in [0.4, 0.5) is 0 Å². The lowest BCUT2D eigenvalue weighted by Gasteiger charge is -2.08. The maximum Gasteiger partial charge on any atom is 0.186 e. The van der Waals surface area contributed by atoms with Gasteiger partial charge in [-0.05, 0) is 53.4 Å². The Hall–Kier alpha value is -3.08. The highest BCUT2D eigenvalue weighted by Gasteiger charge is 2.00. The second kappa shape index (κ2) is 11.1. The number of hydrogen-bond donors (Lipinski definition) is 1. The van der Waals surface area contributed by atoms with E-state index in [1.165, 1.54) is 0 Å². The van der Waals surface area contributed by atoms with Crippen LogP contribution in [-0.4, -0.2) is 31.7 Å². The fourth-order valence-corrected chi connectivity index (χ4v) is 2.84. The van der Waals surface area contributed by atoms with Crippen molar-refractivity contribution in [3.8, 4) is 22.6 Å². The zero-order chi connectivity index (χ0) is 20.3. The summed E-state index contributed by atoms with van der Waals surface area (Å²) in [7, 11) is 0. The predicted octanol–water partition coefficient (Wildman–Crippen LogP) is 5.27. The van der Waals surface area contributed by atoms with Gasteiger partial charge in [0.15, 0.2) is 6.79 Å². The van der Waals surface area contributed by atoms with E-state index in [-0.39, 0.29) is 6.79 Å². The Labute approximate surface area is 172 Å². The molecule has 4 nitrogen and oxygen atoms in total. The second-order valence-corrected chi connectivity index (χ2v) is 6.37. The summed E-state index contributed by atoms with van der Waals surface area (Å²) < 4.78 is 16.0. The highest BCUT2D eigenvalue weighted by molar-refractivity contribution is 5.72. The Balaban J connectivity index is 1.58. The molecule has 4 heteroatoms. The fourth-order valence-electron chi connectivity index (χ4n) is 2.84. The van der Waals surface area contributed by atoms with Crippen LogP contribution in [0.1, 0.15) is 18.1 Å². The first-order chi connectivity index (χ1) is 14.3. The summed E-state index contributed by atoms with van der Waals surface area (Å²) in [6.07, 6.45) is 4.12. The molecule has 0 amide bonds. The lowest BCUT2D eigenvalue weighted by atomic mass is 10.0. The zero-order valence-electron chi connectivity index (χ0n) is 16.6. The van der Waals surface area contributed by atoms with Crippen molar-refractivity contribution >= 4 is 12.2 Å². The lowest BCUT2D eigenvalue weighted by molar-refractivity contribution is 0.0985. The highest BCUT2D eigenvalue weighted by Crippen LogP contribution is 2.23. The molecule has 3 aromatic carbocycles. The van der Waals surface area contributed by atoms with Crippen LogP contribution >= 0.6 is 0 Å². The van der Waals surface area contributed by atoms with E-state index in [9.17, 15) is 0 Å². The Morgan fingerprint density at radius 1 is 0.655 bits per heavy atom. The molecule has 0 saturated carbocycles. The molecule has 0 aromatic heterocycles. The van der Waals surface area contributed by atoms with Gasteiger partial charge in [0, 0.05) is 6.61 Å². The Morgan fingerprint density at radius 2 is 1.14 bits per heavy atom. The molecule has 0 atom stereocenters. The van der Waals surface area contributed by atoms with Gasteiger partial charge in [-0.1, -0.05) is 60.7 Å². The molecule has 0 spiro atoms. The van der Waals surface area contributed by atoms with Crippen LogP contribution in [0.2, 0.25) is 0 Å². The molecule has 0 unspecified atom stereocenters. The predicted molar refractivity (Wildman–Crippen MR) is 117 cm³/mol. The van der Waals surface area contributed by atoms with E-state index in [4.69, 9.17) is 19.3 Å². The van der Waals surface area contributed by atoms with Crippen LogP contribution in [0.15, 0.2) is 72.8 Å². The van der Waals surface area contributed by atoms with Crippen LogP contribution in [-0.2, 0) is 4.74 Å². The summed E-state index contributed by atoms with van der Waals surface area (Å²) in [6, 6.07) is 24.1. The van der Waals surface area contributed by atoms with Gasteiger partial charge in [-0.25, -0.2) is 0 Å². The van der Waals surface area contributed by atoms with Crippen LogP contribution < -0.4 is 9.47 Å². The van der Waals surface area contributed by atoms with E-state index in [1.54, 1.807) is 0 Å². The van der Waals surface area contributed by atoms with E-state index in [1.807, 2.05) is 49.4 Å². The monoisotopic (exact) mass is 390 g/mol. The van der Waals surface area contributed by atoms with Gasteiger partial charge in [0.1, 0.15) is 18.1 Å². The van der Waals surface area contributed by atoms with Crippen LogP contribution in [0.5, 0.6) is 11.5 Å². The van der Waals surface area contributed by atoms with Gasteiger partial charge in [-0.15, -0.1) is 0 Å². The quantitative estimate of drug-likeness (QED) is 0.291. The average Bonchev–Trinajstić information content (AvgIpc) is 2.77. The van der Waals surface area contributed by atoms with Gasteiger partial charge in [-0.3, -0.25) is 0 Å². The first kappa shape index (κ1) is 20.6. The van der Waals surface area contributed by atoms with Gasteiger partial charge >= 0.3 is 0 Å². The number of hydrogen-bond acceptors (Lipinski definition) is 4. The van der Waals surface area contributed by atoms with E-state index in [0.717, 1.165) is 28.0 Å². The number of rotatable bonds is 10. The highest BCUT2D eigenvalue weighted by atomic mass is 16.6. The summed E-state index contributed by atoms with van der Waals surface area (Å²) in [5.74, 6) is 1.50. The van der Waals surface area contributed by atoms with Crippen LogP contribution in [0.3, 0.4) is 0 Å². The third-order valence-electron chi connectivity index (χ3n) is 4.38. The van der Waals surface area contributed by atoms with Gasteiger partial charge in [0.05, 0.1) is 6.61 Å². The molecule has 0 aliphatic rings. The molecule has 0 fully saturated rings. The van der Waals surface area contributed by atoms with E-state index < -0.39 is 0 Å². The van der Waals surface area contributed by atoms with Crippen molar-refractivity contribution in [2.75, 3.05) is 26.6 Å². The zero-order valence-corrected chi connectivity index (χ0v) is 16.6. The van der Waals surface area contributed by atoms with Gasteiger partial charge < -0.3 is 19.3 Å². The van der Waals surface area contributed by atoms with Gasteiger partial charge in [0.2, 0.25) is 0 Å². The first-order valence-corrected chi connectivity index (χ1v) is 9.71. The van der Waals surface area contributed by atoms with E-state index in [2.05, 4.69) is 42.5 Å². The van der Waals surface area contributed by atoms with Crippen molar-refractivity contribution in [1.29, 1.82) is 0 Å². The third-order valence-corrected chi connectivity index (χ3v) is 4.38. The third kappa shape index (κ3) is 6.49. The van der Waals surface area contributed by atoms with Crippen molar-refractivity contribution < 1.29 is 19.3 Å². The largest absolute Gasteiger partial charge is 0.491 e. The van der Waals surface area contributed by atoms with Crippen LogP contribution in [0.25, 0.3) is 23.3 Å². The molecular weight excluding hydrogens is 364 g/mol. The molecule has 0 aliphatic heterocycles. The molecule has 1 N–H and O–H groups in total. The molecule has 0 aliphatic carbocycles. The molecule has 0 bridgehead atoms. The van der Waals surface area contributed by atoms with Gasteiger partial charge in [0.25, 0.3) is 0 Å². The van der Waals surface area contributed by atoms with E-state index >= 15 is 0 Å². The summed E-state index contributed by atoms with van der Waals surface area (Å²) >= 11 is 0. The molecule has 0 heterocycles. The summed E-state index contributed by atoms with van der Waals surface area (Å²) in [5.41, 5.74) is 4.50. The fraction of sp³-hybridized carbons (Fsp3) is 0.200. The number of aliphatic hydroxyl groups excluding tert-OH is 1. The van der Waals surface area contributed by atoms with Crippen molar-refractivity contribution in [1.82, 2.24) is 0 Å². The topological polar surface area (TPSA) is 47.9 Å². The normalized spacial score (nSPS) is 11.0. The van der Waals surface area contributed by atoms with Crippen molar-refractivity contribution in [3.63, 3.8) is 0 Å². The summed E-state index contributed by atoms with van der Waals surface area (Å²) in [4.78, 5) is 0. The van der Waals surface area contributed by atoms with E-state index in [0.29, 0.717) is 25.6 Å². The molecule has 0 saturated heterocycles. The van der Waals surface area contributed by atoms with Crippen molar-refractivity contribution in [2.45, 2.75) is 6.92 Å². The average molecular weight is 390 g/mol. The molecule has 3 rings (SSSR count). The molecule has 29 heavy (non-hydrogen) atoms. The minimum atomic E-state index is -0.314. The number of benzene rings is 3. The summed E-state index contributed by atoms with van der Waals surface area (Å²) in [6.45, 7) is 3.53. The van der Waals surface area contributed by atoms with Crippen molar-refractivity contribution in [3.05, 3.63) is 83.9 Å². The molecule has 150 valence electrons. The lowest BCUT2D eigenvalue weighted by Crippen LogP contribution is -2.06.